The summed E-state index contributed by atoms with van der Waals surface area (Å²) in [5.41, 5.74) is 0.959. The van der Waals surface area contributed by atoms with E-state index in [1.165, 1.54) is 4.68 Å². The van der Waals surface area contributed by atoms with Crippen LogP contribution in [0.15, 0.2) is 59.4 Å². The molecule has 154 valence electrons. The molecular formula is C23H24N4O3. The molecule has 3 aromatic rings. The average molecular weight is 404 g/mol. The highest BCUT2D eigenvalue weighted by molar-refractivity contribution is 6.04. The number of carbonyl (C=O) groups is 2. The molecule has 2 aromatic carbocycles. The number of fused-ring (bicyclic) bond motifs is 1. The minimum Gasteiger partial charge on any atom is -0.348 e. The van der Waals surface area contributed by atoms with E-state index in [0.717, 1.165) is 5.56 Å². The second-order valence-corrected chi connectivity index (χ2v) is 7.60. The first-order valence-electron chi connectivity index (χ1n) is 10.1. The molecule has 0 spiro atoms. The summed E-state index contributed by atoms with van der Waals surface area (Å²) in [5, 5.41) is 8.49. The topological polar surface area (TPSA) is 84.3 Å². The van der Waals surface area contributed by atoms with Crippen molar-refractivity contribution in [2.24, 2.45) is 0 Å². The van der Waals surface area contributed by atoms with E-state index in [9.17, 15) is 14.4 Å². The van der Waals surface area contributed by atoms with E-state index in [-0.39, 0.29) is 29.1 Å². The van der Waals surface area contributed by atoms with E-state index in [4.69, 9.17) is 0 Å². The second kappa shape index (κ2) is 8.49. The molecule has 1 saturated heterocycles. The maximum Gasteiger partial charge on any atom is 0.274 e. The molecule has 1 fully saturated rings. The lowest BCUT2D eigenvalue weighted by molar-refractivity contribution is -0.129. The Kier molecular flexibility index (Phi) is 5.61. The third-order valence-electron chi connectivity index (χ3n) is 5.53. The van der Waals surface area contributed by atoms with E-state index < -0.39 is 0 Å². The van der Waals surface area contributed by atoms with Crippen LogP contribution in [0, 0.1) is 0 Å². The second-order valence-electron chi connectivity index (χ2n) is 7.60. The quantitative estimate of drug-likeness (QED) is 0.722. The molecule has 1 aliphatic heterocycles. The van der Waals surface area contributed by atoms with Crippen molar-refractivity contribution in [1.82, 2.24) is 20.0 Å². The van der Waals surface area contributed by atoms with Gasteiger partial charge in [-0.05, 0) is 24.5 Å². The van der Waals surface area contributed by atoms with Crippen molar-refractivity contribution in [3.05, 3.63) is 76.2 Å². The van der Waals surface area contributed by atoms with Gasteiger partial charge in [-0.1, -0.05) is 48.5 Å². The highest BCUT2D eigenvalue weighted by Gasteiger charge is 2.24. The van der Waals surface area contributed by atoms with Gasteiger partial charge in [-0.2, -0.15) is 5.10 Å². The van der Waals surface area contributed by atoms with E-state index in [1.807, 2.05) is 30.3 Å². The third kappa shape index (κ3) is 4.10. The van der Waals surface area contributed by atoms with Crippen LogP contribution >= 0.6 is 0 Å². The molecule has 1 aliphatic rings. The number of amides is 2. The summed E-state index contributed by atoms with van der Waals surface area (Å²) in [7, 11) is 0. The van der Waals surface area contributed by atoms with Crippen LogP contribution in [0.1, 0.15) is 35.8 Å². The molecular weight excluding hydrogens is 380 g/mol. The van der Waals surface area contributed by atoms with Gasteiger partial charge in [0.05, 0.1) is 11.9 Å². The number of nitrogens with zero attached hydrogens (tertiary/aromatic N) is 3. The summed E-state index contributed by atoms with van der Waals surface area (Å²) < 4.78 is 1.35. The van der Waals surface area contributed by atoms with Gasteiger partial charge in [0.25, 0.3) is 11.5 Å². The standard InChI is InChI=1S/C23H24N4O3/c1-16(28)26-13-11-18(12-14-26)24-22(29)21-19-9-5-6-10-20(19)23(30)27(25-21)15-17-7-3-2-4-8-17/h2-10,18H,11-15H2,1H3,(H,24,29). The van der Waals surface area contributed by atoms with Crippen LogP contribution in [-0.4, -0.2) is 45.6 Å². The molecule has 7 heteroatoms. The van der Waals surface area contributed by atoms with Crippen LogP contribution in [0.25, 0.3) is 10.8 Å². The van der Waals surface area contributed by atoms with Gasteiger partial charge in [0, 0.05) is 31.4 Å². The molecule has 7 nitrogen and oxygen atoms in total. The molecule has 4 rings (SSSR count). The molecule has 2 amide bonds. The average Bonchev–Trinajstić information content (AvgIpc) is 2.77. The van der Waals surface area contributed by atoms with Crippen LogP contribution in [0.5, 0.6) is 0 Å². The number of rotatable bonds is 4. The molecule has 0 bridgehead atoms. The Labute approximate surface area is 174 Å². The lowest BCUT2D eigenvalue weighted by Crippen LogP contribution is -2.46. The summed E-state index contributed by atoms with van der Waals surface area (Å²) in [4.78, 5) is 39.3. The molecule has 30 heavy (non-hydrogen) atoms. The lowest BCUT2D eigenvalue weighted by atomic mass is 10.0. The third-order valence-corrected chi connectivity index (χ3v) is 5.53. The van der Waals surface area contributed by atoms with Gasteiger partial charge in [0.15, 0.2) is 5.69 Å². The van der Waals surface area contributed by atoms with Gasteiger partial charge in [0.1, 0.15) is 0 Å². The van der Waals surface area contributed by atoms with Gasteiger partial charge in [-0.15, -0.1) is 0 Å². The molecule has 1 N–H and O–H groups in total. The molecule has 0 unspecified atom stereocenters. The van der Waals surface area contributed by atoms with Crippen molar-refractivity contribution < 1.29 is 9.59 Å². The molecule has 0 radical (unpaired) electrons. The van der Waals surface area contributed by atoms with Crippen LogP contribution in [-0.2, 0) is 11.3 Å². The maximum absolute atomic E-state index is 13.1. The number of benzene rings is 2. The van der Waals surface area contributed by atoms with Gasteiger partial charge in [0.2, 0.25) is 5.91 Å². The summed E-state index contributed by atoms with van der Waals surface area (Å²) in [6, 6.07) is 16.6. The van der Waals surface area contributed by atoms with Crippen molar-refractivity contribution in [1.29, 1.82) is 0 Å². The van der Waals surface area contributed by atoms with Crippen LogP contribution in [0.4, 0.5) is 0 Å². The fraction of sp³-hybridized carbons (Fsp3) is 0.304. The highest BCUT2D eigenvalue weighted by Crippen LogP contribution is 2.16. The van der Waals surface area contributed by atoms with Crippen molar-refractivity contribution in [3.8, 4) is 0 Å². The zero-order valence-electron chi connectivity index (χ0n) is 16.9. The Hall–Kier alpha value is -3.48. The zero-order valence-corrected chi connectivity index (χ0v) is 16.9. The summed E-state index contributed by atoms with van der Waals surface area (Å²) in [5.74, 6) is -0.241. The number of hydrogen-bond donors (Lipinski definition) is 1. The maximum atomic E-state index is 13.1. The fourth-order valence-electron chi connectivity index (χ4n) is 3.86. The Morgan fingerprint density at radius 1 is 1.00 bits per heavy atom. The van der Waals surface area contributed by atoms with Gasteiger partial charge in [-0.25, -0.2) is 4.68 Å². The number of carbonyl (C=O) groups excluding carboxylic acids is 2. The number of hydrogen-bond acceptors (Lipinski definition) is 4. The van der Waals surface area contributed by atoms with Crippen molar-refractivity contribution in [2.75, 3.05) is 13.1 Å². The smallest absolute Gasteiger partial charge is 0.274 e. The van der Waals surface area contributed by atoms with Crippen LogP contribution in [0.2, 0.25) is 0 Å². The summed E-state index contributed by atoms with van der Waals surface area (Å²) >= 11 is 0. The Balaban J connectivity index is 1.63. The molecule has 0 aliphatic carbocycles. The first-order chi connectivity index (χ1) is 14.5. The van der Waals surface area contributed by atoms with Crippen LogP contribution < -0.4 is 10.9 Å². The van der Waals surface area contributed by atoms with E-state index >= 15 is 0 Å². The van der Waals surface area contributed by atoms with E-state index in [0.29, 0.717) is 43.2 Å². The van der Waals surface area contributed by atoms with E-state index in [1.54, 1.807) is 36.1 Å². The normalized spacial score (nSPS) is 14.6. The van der Waals surface area contributed by atoms with Crippen molar-refractivity contribution >= 4 is 22.6 Å². The zero-order chi connectivity index (χ0) is 21.1. The minimum absolute atomic E-state index is 0.0248. The van der Waals surface area contributed by atoms with E-state index in [2.05, 4.69) is 10.4 Å². The minimum atomic E-state index is -0.297. The highest BCUT2D eigenvalue weighted by atomic mass is 16.2. The van der Waals surface area contributed by atoms with Gasteiger partial charge >= 0.3 is 0 Å². The Morgan fingerprint density at radius 3 is 2.30 bits per heavy atom. The predicted molar refractivity (Wildman–Crippen MR) is 114 cm³/mol. The molecule has 2 heterocycles. The fourth-order valence-corrected chi connectivity index (χ4v) is 3.86. The molecule has 0 atom stereocenters. The number of piperidine rings is 1. The number of aromatic nitrogens is 2. The largest absolute Gasteiger partial charge is 0.348 e. The Bertz CT molecular complexity index is 1130. The monoisotopic (exact) mass is 404 g/mol. The van der Waals surface area contributed by atoms with Gasteiger partial charge < -0.3 is 10.2 Å². The SMILES string of the molecule is CC(=O)N1CCC(NC(=O)c2nn(Cc3ccccc3)c(=O)c3ccccc23)CC1. The van der Waals surface area contributed by atoms with Crippen molar-refractivity contribution in [2.45, 2.75) is 32.4 Å². The summed E-state index contributed by atoms with van der Waals surface area (Å²) in [6.45, 7) is 3.11. The number of likely N-dealkylation sites (tertiary alicyclic amines) is 1. The van der Waals surface area contributed by atoms with Gasteiger partial charge in [-0.3, -0.25) is 14.4 Å². The molecule has 1 aromatic heterocycles. The first kappa shape index (κ1) is 19.8. The van der Waals surface area contributed by atoms with Crippen LogP contribution in [0.3, 0.4) is 0 Å². The van der Waals surface area contributed by atoms with Crippen molar-refractivity contribution in [3.63, 3.8) is 0 Å². The predicted octanol–water partition coefficient (Wildman–Crippen LogP) is 2.19. The molecule has 0 saturated carbocycles. The Morgan fingerprint density at radius 2 is 1.63 bits per heavy atom. The first-order valence-corrected chi connectivity index (χ1v) is 10.1. The lowest BCUT2D eigenvalue weighted by Gasteiger charge is -2.31. The summed E-state index contributed by atoms with van der Waals surface area (Å²) in [6.07, 6.45) is 1.40. The number of nitrogens with one attached hydrogen (secondary N) is 1.